The molecule has 23 heavy (non-hydrogen) atoms. The minimum Gasteiger partial charge on any atom is -0.481 e. The van der Waals surface area contributed by atoms with Gasteiger partial charge in [-0.25, -0.2) is 4.39 Å². The van der Waals surface area contributed by atoms with Crippen LogP contribution in [0.2, 0.25) is 0 Å². The Hall–Kier alpha value is -2.69. The zero-order valence-corrected chi connectivity index (χ0v) is 12.8. The van der Waals surface area contributed by atoms with Gasteiger partial charge in [0.2, 0.25) is 5.91 Å². The highest BCUT2D eigenvalue weighted by molar-refractivity contribution is 6.05. The lowest BCUT2D eigenvalue weighted by Crippen LogP contribution is -2.40. The van der Waals surface area contributed by atoms with Crippen molar-refractivity contribution in [1.82, 2.24) is 0 Å². The van der Waals surface area contributed by atoms with Crippen molar-refractivity contribution in [3.63, 3.8) is 0 Å². The molecule has 0 heterocycles. The number of aliphatic carboxylic acids is 1. The summed E-state index contributed by atoms with van der Waals surface area (Å²) in [5.74, 6) is -3.27. The fraction of sp³-hybridized carbons (Fsp3) is 0.222. The fourth-order valence-electron chi connectivity index (χ4n) is 2.40. The SMILES string of the molecule is CCN(C(=O)C(Cc1ccc(F)cc1)C(=O)O)c1ccccc1. The number of benzene rings is 2. The van der Waals surface area contributed by atoms with Gasteiger partial charge in [0.05, 0.1) is 0 Å². The first-order chi connectivity index (χ1) is 11.0. The summed E-state index contributed by atoms with van der Waals surface area (Å²) in [6.45, 7) is 2.16. The van der Waals surface area contributed by atoms with Crippen molar-refractivity contribution >= 4 is 17.6 Å². The molecule has 0 aliphatic rings. The number of nitrogens with zero attached hydrogens (tertiary/aromatic N) is 1. The highest BCUT2D eigenvalue weighted by atomic mass is 19.1. The molecule has 0 aromatic heterocycles. The van der Waals surface area contributed by atoms with Crippen LogP contribution in [0, 0.1) is 11.7 Å². The number of para-hydroxylation sites is 1. The van der Waals surface area contributed by atoms with E-state index in [-0.39, 0.29) is 6.42 Å². The van der Waals surface area contributed by atoms with E-state index in [1.54, 1.807) is 31.2 Å². The van der Waals surface area contributed by atoms with Crippen molar-refractivity contribution in [3.8, 4) is 0 Å². The molecule has 0 saturated heterocycles. The summed E-state index contributed by atoms with van der Waals surface area (Å²) in [7, 11) is 0. The van der Waals surface area contributed by atoms with Crippen molar-refractivity contribution in [1.29, 1.82) is 0 Å². The van der Waals surface area contributed by atoms with Gasteiger partial charge in [0, 0.05) is 12.2 Å². The van der Waals surface area contributed by atoms with Crippen LogP contribution >= 0.6 is 0 Å². The molecule has 2 aromatic rings. The Labute approximate surface area is 134 Å². The van der Waals surface area contributed by atoms with E-state index in [4.69, 9.17) is 0 Å². The van der Waals surface area contributed by atoms with E-state index in [1.165, 1.54) is 29.2 Å². The van der Waals surface area contributed by atoms with Crippen LogP contribution in [-0.2, 0) is 16.0 Å². The summed E-state index contributed by atoms with van der Waals surface area (Å²) in [6, 6.07) is 14.4. The van der Waals surface area contributed by atoms with Crippen LogP contribution in [0.1, 0.15) is 12.5 Å². The van der Waals surface area contributed by atoms with Gasteiger partial charge in [0.1, 0.15) is 11.7 Å². The number of anilines is 1. The molecular formula is C18H18FNO3. The molecule has 0 spiro atoms. The Morgan fingerprint density at radius 1 is 1.09 bits per heavy atom. The maximum absolute atomic E-state index is 13.0. The average molecular weight is 315 g/mol. The third kappa shape index (κ3) is 4.16. The first kappa shape index (κ1) is 16.7. The Kier molecular flexibility index (Phi) is 5.46. The second-order valence-electron chi connectivity index (χ2n) is 5.14. The zero-order valence-electron chi connectivity index (χ0n) is 12.8. The molecule has 1 unspecified atom stereocenters. The van der Waals surface area contributed by atoms with Crippen LogP contribution in [-0.4, -0.2) is 23.5 Å². The van der Waals surface area contributed by atoms with Crippen LogP contribution < -0.4 is 4.90 Å². The summed E-state index contributed by atoms with van der Waals surface area (Å²) in [4.78, 5) is 25.6. The number of rotatable bonds is 6. The molecule has 1 N–H and O–H groups in total. The summed E-state index contributed by atoms with van der Waals surface area (Å²) in [5, 5.41) is 9.43. The van der Waals surface area contributed by atoms with Crippen LogP contribution in [0.15, 0.2) is 54.6 Å². The lowest BCUT2D eigenvalue weighted by atomic mass is 9.97. The molecule has 0 aliphatic heterocycles. The molecular weight excluding hydrogens is 297 g/mol. The number of carbonyl (C=O) groups excluding carboxylic acids is 1. The normalized spacial score (nSPS) is 11.7. The van der Waals surface area contributed by atoms with Crippen molar-refractivity contribution in [2.24, 2.45) is 5.92 Å². The topological polar surface area (TPSA) is 57.6 Å². The molecule has 0 bridgehead atoms. The van der Waals surface area contributed by atoms with Crippen LogP contribution in [0.3, 0.4) is 0 Å². The molecule has 1 amide bonds. The maximum atomic E-state index is 13.0. The smallest absolute Gasteiger partial charge is 0.316 e. The Morgan fingerprint density at radius 3 is 2.22 bits per heavy atom. The first-order valence-corrected chi connectivity index (χ1v) is 7.36. The summed E-state index contributed by atoms with van der Waals surface area (Å²) in [6.07, 6.45) is 0.0256. The average Bonchev–Trinajstić information content (AvgIpc) is 2.55. The maximum Gasteiger partial charge on any atom is 0.316 e. The minimum atomic E-state index is -1.21. The third-order valence-electron chi connectivity index (χ3n) is 3.60. The second kappa shape index (κ2) is 7.54. The van der Waals surface area contributed by atoms with E-state index in [9.17, 15) is 19.1 Å². The molecule has 0 radical (unpaired) electrons. The van der Waals surface area contributed by atoms with E-state index in [0.29, 0.717) is 17.8 Å². The number of hydrogen-bond acceptors (Lipinski definition) is 2. The third-order valence-corrected chi connectivity index (χ3v) is 3.60. The Balaban J connectivity index is 2.23. The molecule has 5 heteroatoms. The fourth-order valence-corrected chi connectivity index (χ4v) is 2.40. The predicted octanol–water partition coefficient (Wildman–Crippen LogP) is 3.12. The summed E-state index contributed by atoms with van der Waals surface area (Å²) >= 11 is 0. The van der Waals surface area contributed by atoms with Crippen molar-refractivity contribution in [2.75, 3.05) is 11.4 Å². The van der Waals surface area contributed by atoms with E-state index in [1.807, 2.05) is 6.07 Å². The van der Waals surface area contributed by atoms with Crippen molar-refractivity contribution in [2.45, 2.75) is 13.3 Å². The highest BCUT2D eigenvalue weighted by Crippen LogP contribution is 2.19. The number of carboxylic acid groups (broad SMARTS) is 1. The number of amides is 1. The van der Waals surface area contributed by atoms with Crippen LogP contribution in [0.4, 0.5) is 10.1 Å². The van der Waals surface area contributed by atoms with E-state index < -0.39 is 23.6 Å². The lowest BCUT2D eigenvalue weighted by Gasteiger charge is -2.24. The van der Waals surface area contributed by atoms with Gasteiger partial charge in [-0.2, -0.15) is 0 Å². The van der Waals surface area contributed by atoms with Crippen molar-refractivity contribution in [3.05, 3.63) is 66.0 Å². The van der Waals surface area contributed by atoms with Gasteiger partial charge < -0.3 is 10.0 Å². The van der Waals surface area contributed by atoms with Crippen LogP contribution in [0.5, 0.6) is 0 Å². The monoisotopic (exact) mass is 315 g/mol. The lowest BCUT2D eigenvalue weighted by molar-refractivity contribution is -0.146. The van der Waals surface area contributed by atoms with Gasteiger partial charge >= 0.3 is 5.97 Å². The number of carbonyl (C=O) groups is 2. The standard InChI is InChI=1S/C18H18FNO3/c1-2-20(15-6-4-3-5-7-15)17(21)16(18(22)23)12-13-8-10-14(19)11-9-13/h3-11,16H,2,12H2,1H3,(H,22,23). The van der Waals surface area contributed by atoms with E-state index in [2.05, 4.69) is 0 Å². The Bertz CT molecular complexity index is 670. The van der Waals surface area contributed by atoms with Crippen LogP contribution in [0.25, 0.3) is 0 Å². The number of carboxylic acids is 1. The zero-order chi connectivity index (χ0) is 16.8. The molecule has 120 valence electrons. The predicted molar refractivity (Wildman–Crippen MR) is 85.7 cm³/mol. The summed E-state index contributed by atoms with van der Waals surface area (Å²) in [5.41, 5.74) is 1.27. The van der Waals surface area contributed by atoms with E-state index >= 15 is 0 Å². The van der Waals surface area contributed by atoms with Gasteiger partial charge in [-0.1, -0.05) is 30.3 Å². The Morgan fingerprint density at radius 2 is 1.70 bits per heavy atom. The molecule has 1 atom stereocenters. The van der Waals surface area contributed by atoms with Gasteiger partial charge in [0.15, 0.2) is 0 Å². The molecule has 0 fully saturated rings. The van der Waals surface area contributed by atoms with Gasteiger partial charge in [-0.05, 0) is 43.2 Å². The van der Waals surface area contributed by atoms with E-state index in [0.717, 1.165) is 0 Å². The first-order valence-electron chi connectivity index (χ1n) is 7.36. The molecule has 2 aromatic carbocycles. The highest BCUT2D eigenvalue weighted by Gasteiger charge is 2.30. The molecule has 0 saturated carbocycles. The number of halogens is 1. The van der Waals surface area contributed by atoms with Gasteiger partial charge in [-0.3, -0.25) is 9.59 Å². The quantitative estimate of drug-likeness (QED) is 0.833. The van der Waals surface area contributed by atoms with Gasteiger partial charge in [0.25, 0.3) is 0 Å². The minimum absolute atomic E-state index is 0.0256. The van der Waals surface area contributed by atoms with Crippen molar-refractivity contribution < 1.29 is 19.1 Å². The molecule has 4 nitrogen and oxygen atoms in total. The molecule has 0 aliphatic carbocycles. The second-order valence-corrected chi connectivity index (χ2v) is 5.14. The summed E-state index contributed by atoms with van der Waals surface area (Å²) < 4.78 is 13.0. The number of hydrogen-bond donors (Lipinski definition) is 1. The van der Waals surface area contributed by atoms with Gasteiger partial charge in [-0.15, -0.1) is 0 Å². The molecule has 2 rings (SSSR count). The largest absolute Gasteiger partial charge is 0.481 e.